The summed E-state index contributed by atoms with van der Waals surface area (Å²) >= 11 is 0. The average Bonchev–Trinajstić information content (AvgIpc) is 2.64. The number of alkyl halides is 2. The SMILES string of the molecule is O=C1Nc2cc(Nc3ncnc(Nc4ccncc4)n3)ccc2OC1(F)F. The van der Waals surface area contributed by atoms with E-state index in [0.717, 1.165) is 5.69 Å². The number of carbonyl (C=O) groups excluding carboxylic acids is 1. The quantitative estimate of drug-likeness (QED) is 0.641. The number of nitrogens with one attached hydrogen (secondary N) is 3. The molecule has 4 rings (SSSR count). The number of ether oxygens (including phenoxy) is 1. The highest BCUT2D eigenvalue weighted by atomic mass is 19.3. The van der Waals surface area contributed by atoms with Crippen LogP contribution in [-0.4, -0.2) is 32.0 Å². The average molecular weight is 371 g/mol. The van der Waals surface area contributed by atoms with Gasteiger partial charge in [0.1, 0.15) is 6.33 Å². The Morgan fingerprint density at radius 1 is 1.00 bits per heavy atom. The number of anilines is 5. The molecule has 0 bridgehead atoms. The van der Waals surface area contributed by atoms with Crippen LogP contribution in [0.1, 0.15) is 0 Å². The molecule has 27 heavy (non-hydrogen) atoms. The fourth-order valence-electron chi connectivity index (χ4n) is 2.28. The summed E-state index contributed by atoms with van der Waals surface area (Å²) in [4.78, 5) is 27.5. The fourth-order valence-corrected chi connectivity index (χ4v) is 2.28. The summed E-state index contributed by atoms with van der Waals surface area (Å²) in [5.41, 5.74) is 1.32. The number of halogens is 2. The molecule has 0 radical (unpaired) electrons. The number of amides is 1. The lowest BCUT2D eigenvalue weighted by molar-refractivity contribution is -0.189. The van der Waals surface area contributed by atoms with Gasteiger partial charge in [-0.2, -0.15) is 13.8 Å². The Hall–Kier alpha value is -3.89. The molecule has 0 fully saturated rings. The lowest BCUT2D eigenvalue weighted by atomic mass is 10.2. The van der Waals surface area contributed by atoms with Crippen molar-refractivity contribution in [1.82, 2.24) is 19.9 Å². The highest BCUT2D eigenvalue weighted by Gasteiger charge is 2.46. The Morgan fingerprint density at radius 3 is 2.44 bits per heavy atom. The van der Waals surface area contributed by atoms with E-state index in [1.807, 2.05) is 0 Å². The Labute approximate surface area is 150 Å². The first-order valence-electron chi connectivity index (χ1n) is 7.65. The van der Waals surface area contributed by atoms with Crippen molar-refractivity contribution in [2.75, 3.05) is 16.0 Å². The van der Waals surface area contributed by atoms with Crippen LogP contribution in [0.3, 0.4) is 0 Å². The predicted molar refractivity (Wildman–Crippen MR) is 91.3 cm³/mol. The van der Waals surface area contributed by atoms with E-state index >= 15 is 0 Å². The molecule has 9 nitrogen and oxygen atoms in total. The highest BCUT2D eigenvalue weighted by Crippen LogP contribution is 2.37. The summed E-state index contributed by atoms with van der Waals surface area (Å²) < 4.78 is 30.9. The molecule has 0 saturated carbocycles. The van der Waals surface area contributed by atoms with Crippen molar-refractivity contribution in [2.24, 2.45) is 0 Å². The smallest absolute Gasteiger partial charge is 0.423 e. The van der Waals surface area contributed by atoms with Gasteiger partial charge in [-0.15, -0.1) is 0 Å². The third kappa shape index (κ3) is 3.56. The van der Waals surface area contributed by atoms with Gasteiger partial charge in [-0.3, -0.25) is 9.78 Å². The van der Waals surface area contributed by atoms with Crippen LogP contribution < -0.4 is 20.7 Å². The van der Waals surface area contributed by atoms with Crippen molar-refractivity contribution in [1.29, 1.82) is 0 Å². The molecule has 1 aliphatic heterocycles. The van der Waals surface area contributed by atoms with Crippen LogP contribution in [0, 0.1) is 0 Å². The molecule has 3 heterocycles. The van der Waals surface area contributed by atoms with Crippen molar-refractivity contribution >= 4 is 34.9 Å². The van der Waals surface area contributed by atoms with Crippen LogP contribution in [0.15, 0.2) is 49.1 Å². The molecule has 3 N–H and O–H groups in total. The Morgan fingerprint density at radius 2 is 1.70 bits per heavy atom. The van der Waals surface area contributed by atoms with E-state index in [9.17, 15) is 13.6 Å². The fraction of sp³-hybridized carbons (Fsp3) is 0.0625. The van der Waals surface area contributed by atoms with Gasteiger partial charge in [-0.1, -0.05) is 0 Å². The summed E-state index contributed by atoms with van der Waals surface area (Å²) in [6.45, 7) is 0. The minimum absolute atomic E-state index is 0.111. The molecule has 1 amide bonds. The van der Waals surface area contributed by atoms with Crippen LogP contribution in [0.25, 0.3) is 0 Å². The molecule has 11 heteroatoms. The van der Waals surface area contributed by atoms with Gasteiger partial charge in [0.2, 0.25) is 11.9 Å². The minimum atomic E-state index is -3.90. The summed E-state index contributed by atoms with van der Waals surface area (Å²) in [5.74, 6) is -1.15. The zero-order valence-corrected chi connectivity index (χ0v) is 13.5. The second kappa shape index (κ2) is 6.44. The van der Waals surface area contributed by atoms with Crippen LogP contribution >= 0.6 is 0 Å². The Bertz CT molecular complexity index is 1000. The van der Waals surface area contributed by atoms with E-state index in [1.165, 1.54) is 24.5 Å². The first-order chi connectivity index (χ1) is 13.0. The van der Waals surface area contributed by atoms with E-state index < -0.39 is 12.0 Å². The summed E-state index contributed by atoms with van der Waals surface area (Å²) in [7, 11) is 0. The van der Waals surface area contributed by atoms with Gasteiger partial charge in [-0.05, 0) is 30.3 Å². The number of pyridine rings is 1. The van der Waals surface area contributed by atoms with Gasteiger partial charge in [0.15, 0.2) is 5.75 Å². The molecule has 0 atom stereocenters. The number of aromatic nitrogens is 4. The predicted octanol–water partition coefficient (Wildman–Crippen LogP) is 2.68. The van der Waals surface area contributed by atoms with Crippen LogP contribution in [0.4, 0.5) is 37.7 Å². The molecule has 3 aromatic rings. The monoisotopic (exact) mass is 371 g/mol. The molecule has 136 valence electrons. The zero-order chi connectivity index (χ0) is 18.9. The first kappa shape index (κ1) is 16.6. The number of nitrogens with zero attached hydrogens (tertiary/aromatic N) is 4. The van der Waals surface area contributed by atoms with E-state index in [0.29, 0.717) is 11.6 Å². The van der Waals surface area contributed by atoms with Crippen molar-refractivity contribution in [3.05, 3.63) is 49.1 Å². The number of fused-ring (bicyclic) bond motifs is 1. The molecule has 1 aliphatic rings. The summed E-state index contributed by atoms with van der Waals surface area (Å²) in [6.07, 6.45) is 0.651. The largest absolute Gasteiger partial charge is 0.482 e. The molecule has 0 unspecified atom stereocenters. The normalized spacial score (nSPS) is 14.5. The molecule has 0 aliphatic carbocycles. The van der Waals surface area contributed by atoms with Crippen LogP contribution in [-0.2, 0) is 4.79 Å². The molecule has 2 aromatic heterocycles. The van der Waals surface area contributed by atoms with Crippen molar-refractivity contribution in [3.63, 3.8) is 0 Å². The van der Waals surface area contributed by atoms with E-state index in [-0.39, 0.29) is 17.4 Å². The number of hydrogen-bond acceptors (Lipinski definition) is 8. The maximum absolute atomic E-state index is 13.3. The molecular formula is C16H11F2N7O2. The lowest BCUT2D eigenvalue weighted by Crippen LogP contribution is -2.43. The van der Waals surface area contributed by atoms with Gasteiger partial charge in [-0.25, -0.2) is 9.97 Å². The number of carbonyl (C=O) groups is 1. The van der Waals surface area contributed by atoms with E-state index in [2.05, 4.69) is 40.6 Å². The molecule has 0 spiro atoms. The Balaban J connectivity index is 1.52. The van der Waals surface area contributed by atoms with Crippen LogP contribution in [0.2, 0.25) is 0 Å². The second-order valence-electron chi connectivity index (χ2n) is 5.40. The number of rotatable bonds is 4. The van der Waals surface area contributed by atoms with Gasteiger partial charge in [0.25, 0.3) is 0 Å². The summed E-state index contributed by atoms with van der Waals surface area (Å²) in [6, 6.07) is 7.73. The lowest BCUT2D eigenvalue weighted by Gasteiger charge is -2.25. The summed E-state index contributed by atoms with van der Waals surface area (Å²) in [5, 5.41) is 7.99. The van der Waals surface area contributed by atoms with Gasteiger partial charge in [0, 0.05) is 23.8 Å². The topological polar surface area (TPSA) is 114 Å². The first-order valence-corrected chi connectivity index (χ1v) is 7.65. The second-order valence-corrected chi connectivity index (χ2v) is 5.40. The third-order valence-corrected chi connectivity index (χ3v) is 3.49. The number of hydrogen-bond donors (Lipinski definition) is 3. The highest BCUT2D eigenvalue weighted by molar-refractivity contribution is 5.99. The van der Waals surface area contributed by atoms with Crippen molar-refractivity contribution < 1.29 is 18.3 Å². The van der Waals surface area contributed by atoms with Gasteiger partial charge in [0.05, 0.1) is 5.69 Å². The van der Waals surface area contributed by atoms with Crippen molar-refractivity contribution in [2.45, 2.75) is 6.11 Å². The van der Waals surface area contributed by atoms with Gasteiger partial charge < -0.3 is 20.7 Å². The third-order valence-electron chi connectivity index (χ3n) is 3.49. The minimum Gasteiger partial charge on any atom is -0.423 e. The van der Waals surface area contributed by atoms with E-state index in [1.54, 1.807) is 24.5 Å². The number of benzene rings is 1. The zero-order valence-electron chi connectivity index (χ0n) is 13.5. The van der Waals surface area contributed by atoms with Crippen LogP contribution in [0.5, 0.6) is 5.75 Å². The molecular weight excluding hydrogens is 360 g/mol. The maximum atomic E-state index is 13.3. The molecule has 1 aromatic carbocycles. The molecule has 0 saturated heterocycles. The maximum Gasteiger partial charge on any atom is 0.482 e. The van der Waals surface area contributed by atoms with E-state index in [4.69, 9.17) is 0 Å². The van der Waals surface area contributed by atoms with Gasteiger partial charge >= 0.3 is 12.0 Å². The standard InChI is InChI=1S/C16H11F2N7O2/c17-16(18)13(26)24-11-7-10(1-2-12(11)27-16)23-15-21-8-20-14(25-15)22-9-3-5-19-6-4-9/h1-8H,(H,24,26)(H2,19,20,21,22,23,25). The Kier molecular flexibility index (Phi) is 3.95. The van der Waals surface area contributed by atoms with Crippen molar-refractivity contribution in [3.8, 4) is 5.75 Å².